The van der Waals surface area contributed by atoms with Crippen LogP contribution in [0.5, 0.6) is 0 Å². The fourth-order valence-electron chi connectivity index (χ4n) is 1.53. The van der Waals surface area contributed by atoms with Gasteiger partial charge >= 0.3 is 12.1 Å². The number of hydrogen-bond acceptors (Lipinski definition) is 5. The van der Waals surface area contributed by atoms with Crippen molar-refractivity contribution in [3.8, 4) is 0 Å². The highest BCUT2D eigenvalue weighted by atomic mass is 19.4. The summed E-state index contributed by atoms with van der Waals surface area (Å²) in [5.74, 6) is -1.74. The van der Waals surface area contributed by atoms with Crippen molar-refractivity contribution >= 4 is 11.8 Å². The second-order valence-electron chi connectivity index (χ2n) is 4.09. The van der Waals surface area contributed by atoms with Gasteiger partial charge in [0.25, 0.3) is 0 Å². The fourth-order valence-corrected chi connectivity index (χ4v) is 1.53. The number of ether oxygens (including phenoxy) is 2. The van der Waals surface area contributed by atoms with Gasteiger partial charge in [0.05, 0.1) is 12.7 Å². The van der Waals surface area contributed by atoms with Gasteiger partial charge in [-0.1, -0.05) is 0 Å². The third-order valence-electron chi connectivity index (χ3n) is 2.60. The number of alkyl halides is 3. The number of nitrogens with zero attached hydrogens (tertiary/aromatic N) is 1. The van der Waals surface area contributed by atoms with Gasteiger partial charge in [-0.3, -0.25) is 0 Å². The number of aromatic nitrogens is 1. The first-order valence-electron chi connectivity index (χ1n) is 5.86. The first-order valence-corrected chi connectivity index (χ1v) is 5.86. The van der Waals surface area contributed by atoms with E-state index in [4.69, 9.17) is 14.6 Å². The minimum atomic E-state index is -4.65. The number of aromatic carboxylic acids is 1. The summed E-state index contributed by atoms with van der Waals surface area (Å²) in [6.07, 6.45) is -5.10. The third-order valence-corrected chi connectivity index (χ3v) is 2.60. The molecule has 1 rings (SSSR count). The predicted octanol–water partition coefficient (Wildman–Crippen LogP) is 1.87. The molecule has 1 unspecified atom stereocenters. The van der Waals surface area contributed by atoms with Crippen LogP contribution >= 0.6 is 0 Å². The number of carboxylic acid groups (broad SMARTS) is 1. The standard InChI is InChI=1S/C12H15F3N2O4/c1-20-6-7(21-2)5-16-10-8(11(18)19)3-4-9(17-10)12(13,14)15/h3-4,7H,5-6H2,1-2H3,(H,16,17)(H,18,19). The molecule has 0 aromatic carbocycles. The van der Waals surface area contributed by atoms with E-state index in [1.165, 1.54) is 14.2 Å². The van der Waals surface area contributed by atoms with E-state index in [1.807, 2.05) is 0 Å². The maximum atomic E-state index is 12.6. The van der Waals surface area contributed by atoms with Gasteiger partial charge in [-0.2, -0.15) is 13.2 Å². The number of methoxy groups -OCH3 is 2. The van der Waals surface area contributed by atoms with Crippen molar-refractivity contribution in [1.82, 2.24) is 4.98 Å². The summed E-state index contributed by atoms with van der Waals surface area (Å²) in [6, 6.07) is 1.48. The lowest BCUT2D eigenvalue weighted by Gasteiger charge is -2.17. The quantitative estimate of drug-likeness (QED) is 0.800. The van der Waals surface area contributed by atoms with Crippen molar-refractivity contribution in [1.29, 1.82) is 0 Å². The highest BCUT2D eigenvalue weighted by molar-refractivity contribution is 5.93. The van der Waals surface area contributed by atoms with Crippen molar-refractivity contribution in [2.45, 2.75) is 12.3 Å². The molecule has 1 atom stereocenters. The maximum Gasteiger partial charge on any atom is 0.433 e. The Labute approximate surface area is 118 Å². The van der Waals surface area contributed by atoms with E-state index in [9.17, 15) is 18.0 Å². The Bertz CT molecular complexity index is 494. The van der Waals surface area contributed by atoms with Crippen LogP contribution in [-0.2, 0) is 15.7 Å². The molecule has 9 heteroatoms. The summed E-state index contributed by atoms with van der Waals surface area (Å²) in [5.41, 5.74) is -1.52. The van der Waals surface area contributed by atoms with E-state index in [2.05, 4.69) is 10.3 Å². The van der Waals surface area contributed by atoms with Gasteiger partial charge in [-0.15, -0.1) is 0 Å². The zero-order chi connectivity index (χ0) is 16.0. The molecule has 0 bridgehead atoms. The molecule has 0 spiro atoms. The highest BCUT2D eigenvalue weighted by Crippen LogP contribution is 2.29. The summed E-state index contributed by atoms with van der Waals surface area (Å²) in [5, 5.41) is 11.5. The van der Waals surface area contributed by atoms with Crippen LogP contribution in [0, 0.1) is 0 Å². The van der Waals surface area contributed by atoms with Crippen LogP contribution in [0.3, 0.4) is 0 Å². The SMILES string of the molecule is COCC(CNc1nc(C(F)(F)F)ccc1C(=O)O)OC. The Balaban J connectivity index is 2.98. The second-order valence-corrected chi connectivity index (χ2v) is 4.09. The van der Waals surface area contributed by atoms with Gasteiger partial charge < -0.3 is 19.9 Å². The topological polar surface area (TPSA) is 80.7 Å². The van der Waals surface area contributed by atoms with Crippen LogP contribution in [0.25, 0.3) is 0 Å². The molecule has 6 nitrogen and oxygen atoms in total. The Morgan fingerprint density at radius 1 is 1.43 bits per heavy atom. The molecular weight excluding hydrogens is 293 g/mol. The van der Waals surface area contributed by atoms with Crippen molar-refractivity contribution in [2.24, 2.45) is 0 Å². The maximum absolute atomic E-state index is 12.6. The lowest BCUT2D eigenvalue weighted by molar-refractivity contribution is -0.141. The van der Waals surface area contributed by atoms with E-state index in [0.717, 1.165) is 6.07 Å². The van der Waals surface area contributed by atoms with Crippen molar-refractivity contribution in [3.63, 3.8) is 0 Å². The number of pyridine rings is 1. The van der Waals surface area contributed by atoms with Crippen LogP contribution in [0.2, 0.25) is 0 Å². The molecule has 0 radical (unpaired) electrons. The minimum absolute atomic E-state index is 0.0545. The summed E-state index contributed by atoms with van der Waals surface area (Å²) in [4.78, 5) is 14.3. The number of hydrogen-bond donors (Lipinski definition) is 2. The minimum Gasteiger partial charge on any atom is -0.478 e. The largest absolute Gasteiger partial charge is 0.478 e. The molecule has 118 valence electrons. The molecule has 0 saturated carbocycles. The monoisotopic (exact) mass is 308 g/mol. The van der Waals surface area contributed by atoms with E-state index in [1.54, 1.807) is 0 Å². The average Bonchev–Trinajstić information content (AvgIpc) is 2.41. The van der Waals surface area contributed by atoms with Gasteiger partial charge in [0.1, 0.15) is 17.1 Å². The van der Waals surface area contributed by atoms with Crippen LogP contribution in [0.1, 0.15) is 16.1 Å². The van der Waals surface area contributed by atoms with E-state index in [-0.39, 0.29) is 24.5 Å². The van der Waals surface area contributed by atoms with Gasteiger partial charge in [-0.05, 0) is 12.1 Å². The van der Waals surface area contributed by atoms with Crippen molar-refractivity contribution in [3.05, 3.63) is 23.4 Å². The van der Waals surface area contributed by atoms with Crippen molar-refractivity contribution < 1.29 is 32.5 Å². The molecule has 1 aromatic heterocycles. The third kappa shape index (κ3) is 4.87. The van der Waals surface area contributed by atoms with Crippen LogP contribution in [-0.4, -0.2) is 49.5 Å². The van der Waals surface area contributed by atoms with Gasteiger partial charge in [-0.25, -0.2) is 9.78 Å². The Morgan fingerprint density at radius 3 is 2.57 bits per heavy atom. The summed E-state index contributed by atoms with van der Waals surface area (Å²) >= 11 is 0. The summed E-state index contributed by atoms with van der Waals surface area (Å²) < 4.78 is 47.7. The fraction of sp³-hybridized carbons (Fsp3) is 0.500. The molecule has 0 saturated heterocycles. The van der Waals surface area contributed by atoms with E-state index in [0.29, 0.717) is 6.07 Å². The Kier molecular flexibility index (Phi) is 5.91. The number of nitrogens with one attached hydrogen (secondary N) is 1. The average molecular weight is 308 g/mol. The van der Waals surface area contributed by atoms with Crippen LogP contribution in [0.15, 0.2) is 12.1 Å². The Morgan fingerprint density at radius 2 is 2.10 bits per heavy atom. The molecule has 0 aliphatic carbocycles. The van der Waals surface area contributed by atoms with Gasteiger partial charge in [0.2, 0.25) is 0 Å². The molecule has 0 amide bonds. The lowest BCUT2D eigenvalue weighted by Crippen LogP contribution is -2.28. The number of carboxylic acids is 1. The predicted molar refractivity (Wildman–Crippen MR) is 67.4 cm³/mol. The molecule has 2 N–H and O–H groups in total. The number of anilines is 1. The highest BCUT2D eigenvalue weighted by Gasteiger charge is 2.33. The van der Waals surface area contributed by atoms with E-state index >= 15 is 0 Å². The second kappa shape index (κ2) is 7.23. The van der Waals surface area contributed by atoms with Gasteiger partial charge in [0.15, 0.2) is 0 Å². The van der Waals surface area contributed by atoms with E-state index < -0.39 is 23.9 Å². The molecule has 21 heavy (non-hydrogen) atoms. The lowest BCUT2D eigenvalue weighted by atomic mass is 10.2. The van der Waals surface area contributed by atoms with Gasteiger partial charge in [0, 0.05) is 20.8 Å². The Hall–Kier alpha value is -1.87. The normalized spacial score (nSPS) is 13.0. The number of carbonyl (C=O) groups is 1. The number of halogens is 3. The molecule has 0 aliphatic rings. The molecule has 0 aliphatic heterocycles. The zero-order valence-electron chi connectivity index (χ0n) is 11.4. The molecular formula is C12H15F3N2O4. The summed E-state index contributed by atoms with van der Waals surface area (Å²) in [7, 11) is 2.85. The molecule has 1 heterocycles. The first-order chi connectivity index (χ1) is 9.79. The zero-order valence-corrected chi connectivity index (χ0v) is 11.4. The summed E-state index contributed by atoms with van der Waals surface area (Å²) in [6.45, 7) is 0.254. The molecule has 0 fully saturated rings. The molecule has 1 aromatic rings. The van der Waals surface area contributed by atoms with Crippen LogP contribution in [0.4, 0.5) is 19.0 Å². The number of rotatable bonds is 7. The van der Waals surface area contributed by atoms with Crippen molar-refractivity contribution in [2.75, 3.05) is 32.7 Å². The smallest absolute Gasteiger partial charge is 0.433 e. The van der Waals surface area contributed by atoms with Crippen LogP contribution < -0.4 is 5.32 Å². The first kappa shape index (κ1) is 17.2.